The first kappa shape index (κ1) is 111. The summed E-state index contributed by atoms with van der Waals surface area (Å²) < 4.78 is 12.2. The minimum Gasteiger partial charge on any atom is -0.482 e. The fourth-order valence-electron chi connectivity index (χ4n) is 10.3. The Labute approximate surface area is 749 Å². The minimum absolute atomic E-state index is 0.300. The Balaban J connectivity index is 0.000000706. The Morgan fingerprint density at radius 3 is 1.20 bits per heavy atom. The molecule has 0 fully saturated rings. The highest BCUT2D eigenvalue weighted by molar-refractivity contribution is 7.17. The van der Waals surface area contributed by atoms with Gasteiger partial charge in [-0.05, 0) is 132 Å². The predicted molar refractivity (Wildman–Crippen MR) is 527 cm³/mol. The quantitative estimate of drug-likeness (QED) is 0.0351. The van der Waals surface area contributed by atoms with E-state index in [0.717, 1.165) is 180 Å². The summed E-state index contributed by atoms with van der Waals surface area (Å²) in [4.78, 5) is 92.3. The standard InChI is InChI=1S/C12H16N4.3C11H15N5.C11H17N3O2.2C11H15N3S.7C2H6/c1-4-10-15-9-6-5-7-13-11(9)12(16-10)14-8(2)3;1-4-9-15-8-5-12-6-13-10(8)11(16-9)14-7(2)3;1-4-9-15-10-8(5-12-6-13-10)11(16-9)14-7(2)3;1-4-8-15-10-9(12-5-6-13-10)11(16-8)14-7(2)3;1-4-8-13-10(12-7(2)3)9-11(14-8)16-6-5-15-9;1-4-9-13-8-5-6-15-10(8)11(14-9)12-7(2)3;1-4-9-13-10(12-7(2)3)8-5-6-15-11(8)14-9;7*1-2/h5-8H,4H2,1-3H3,(H,14,15,16);5-7H,4H2,1-3H3,(H,14,15,16);5-7H,4H2,1-3H3,(H,12,13,14,15,16);5-7H,4H2,1-3H3,(H,13,14,15,16);7H,4-6H2,1-3H3,(H,12,13,14);2*5-7H,4H2,1-3H3,(H,12,13,14);7*1-2H3. The molecule has 14 rings (SSSR count). The van der Waals surface area contributed by atoms with E-state index < -0.39 is 0 Å². The van der Waals surface area contributed by atoms with Gasteiger partial charge in [0.05, 0.1) is 32.7 Å². The van der Waals surface area contributed by atoms with Crippen LogP contribution in [0.3, 0.4) is 0 Å². The molecule has 0 radical (unpaired) electrons. The topological polar surface area (TPSA) is 373 Å². The molecule has 0 amide bonds. The van der Waals surface area contributed by atoms with Crippen molar-refractivity contribution in [1.82, 2.24) is 105 Å². The number of fused-ring (bicyclic) bond motifs is 7. The van der Waals surface area contributed by atoms with E-state index in [1.165, 1.54) is 12.7 Å². The van der Waals surface area contributed by atoms with Gasteiger partial charge in [0.2, 0.25) is 5.75 Å². The van der Waals surface area contributed by atoms with Crippen molar-refractivity contribution >= 4 is 128 Å². The molecule has 30 nitrogen and oxygen atoms in total. The molecular formula is C92H150N28O2S2. The third kappa shape index (κ3) is 37.3. The van der Waals surface area contributed by atoms with Gasteiger partial charge in [-0.25, -0.2) is 94.7 Å². The summed E-state index contributed by atoms with van der Waals surface area (Å²) in [5, 5.41) is 29.3. The van der Waals surface area contributed by atoms with E-state index in [2.05, 4.69) is 276 Å². The van der Waals surface area contributed by atoms with E-state index in [4.69, 9.17) is 9.47 Å². The predicted octanol–water partition coefficient (Wildman–Crippen LogP) is 22.8. The van der Waals surface area contributed by atoms with Crippen LogP contribution in [-0.4, -0.2) is 160 Å². The van der Waals surface area contributed by atoms with Crippen LogP contribution < -0.4 is 46.7 Å². The van der Waals surface area contributed by atoms with Gasteiger partial charge in [0.1, 0.15) is 111 Å². The zero-order valence-corrected chi connectivity index (χ0v) is 83.1. The molecule has 0 saturated carbocycles. The normalized spacial score (nSPS) is 10.5. The fourth-order valence-corrected chi connectivity index (χ4v) is 11.9. The molecule has 682 valence electrons. The molecule has 0 unspecified atom stereocenters. The molecule has 13 aromatic rings. The van der Waals surface area contributed by atoms with Gasteiger partial charge in [0.15, 0.2) is 34.6 Å². The van der Waals surface area contributed by atoms with Crippen LogP contribution in [0.15, 0.2) is 78.7 Å². The van der Waals surface area contributed by atoms with E-state index in [1.54, 1.807) is 53.7 Å². The lowest BCUT2D eigenvalue weighted by Crippen LogP contribution is -2.21. The zero-order chi connectivity index (χ0) is 93.4. The number of hydrogen-bond acceptors (Lipinski definition) is 32. The average molecular weight is 1740 g/mol. The van der Waals surface area contributed by atoms with Crippen LogP contribution in [0.2, 0.25) is 0 Å². The summed E-state index contributed by atoms with van der Waals surface area (Å²) in [6, 6.07) is 10.4. The Morgan fingerprint density at radius 1 is 0.306 bits per heavy atom. The molecule has 0 saturated heterocycles. The Morgan fingerprint density at radius 2 is 0.677 bits per heavy atom. The molecule has 0 bridgehead atoms. The zero-order valence-electron chi connectivity index (χ0n) is 81.4. The van der Waals surface area contributed by atoms with Crippen molar-refractivity contribution in [3.8, 4) is 11.6 Å². The van der Waals surface area contributed by atoms with Gasteiger partial charge in [-0.2, -0.15) is 4.98 Å². The maximum atomic E-state index is 5.54. The van der Waals surface area contributed by atoms with Crippen LogP contribution in [-0.2, 0) is 44.9 Å². The van der Waals surface area contributed by atoms with Gasteiger partial charge in [-0.15, -0.1) is 22.7 Å². The number of pyridine rings is 1. The van der Waals surface area contributed by atoms with Crippen LogP contribution in [0.25, 0.3) is 64.7 Å². The fraction of sp³-hybridized carbons (Fsp3) is 0.554. The van der Waals surface area contributed by atoms with E-state index in [-0.39, 0.29) is 0 Å². The third-order valence-corrected chi connectivity index (χ3v) is 16.8. The lowest BCUT2D eigenvalue weighted by molar-refractivity contribution is 0.164. The second-order valence-corrected chi connectivity index (χ2v) is 29.0. The molecule has 13 aromatic heterocycles. The van der Waals surface area contributed by atoms with Gasteiger partial charge in [-0.1, -0.05) is 145 Å². The van der Waals surface area contributed by atoms with Crippen molar-refractivity contribution in [2.24, 2.45) is 0 Å². The number of ether oxygens (including phenoxy) is 2. The summed E-state index contributed by atoms with van der Waals surface area (Å²) >= 11 is 3.35. The summed E-state index contributed by atoms with van der Waals surface area (Å²) in [7, 11) is 0. The monoisotopic (exact) mass is 1740 g/mol. The first-order valence-corrected chi connectivity index (χ1v) is 46.7. The summed E-state index contributed by atoms with van der Waals surface area (Å²) in [5.41, 5.74) is 6.44. The molecule has 32 heteroatoms. The van der Waals surface area contributed by atoms with Gasteiger partial charge in [0.25, 0.3) is 5.88 Å². The van der Waals surface area contributed by atoms with Gasteiger partial charge >= 0.3 is 0 Å². The van der Waals surface area contributed by atoms with E-state index in [0.29, 0.717) is 78.4 Å². The van der Waals surface area contributed by atoms with Crippen LogP contribution in [0.1, 0.15) is 283 Å². The van der Waals surface area contributed by atoms with Crippen LogP contribution in [0.5, 0.6) is 11.6 Å². The van der Waals surface area contributed by atoms with Crippen LogP contribution in [0.4, 0.5) is 40.7 Å². The van der Waals surface area contributed by atoms with Gasteiger partial charge in [-0.3, -0.25) is 4.98 Å². The number of hydrogen-bond donors (Lipinski definition) is 7. The number of anilines is 7. The Hall–Kier alpha value is -10.9. The van der Waals surface area contributed by atoms with E-state index in [1.807, 2.05) is 143 Å². The van der Waals surface area contributed by atoms with Crippen molar-refractivity contribution in [2.75, 3.05) is 50.4 Å². The molecule has 1 aliphatic heterocycles. The number of thiophene rings is 2. The van der Waals surface area contributed by atoms with Crippen molar-refractivity contribution in [3.05, 3.63) is 119 Å². The highest BCUT2D eigenvalue weighted by Crippen LogP contribution is 2.35. The summed E-state index contributed by atoms with van der Waals surface area (Å²) in [6.07, 6.45) is 17.3. The van der Waals surface area contributed by atoms with Crippen molar-refractivity contribution in [2.45, 2.75) is 330 Å². The highest BCUT2D eigenvalue weighted by atomic mass is 32.1. The minimum atomic E-state index is 0.300. The van der Waals surface area contributed by atoms with Crippen LogP contribution >= 0.6 is 22.7 Å². The second kappa shape index (κ2) is 63.1. The number of aryl methyl sites for hydroxylation is 7. The van der Waals surface area contributed by atoms with E-state index in [9.17, 15) is 0 Å². The number of rotatable bonds is 21. The summed E-state index contributed by atoms with van der Waals surface area (Å²) in [6.45, 7) is 72.6. The van der Waals surface area contributed by atoms with Crippen molar-refractivity contribution < 1.29 is 9.47 Å². The largest absolute Gasteiger partial charge is 0.482 e. The van der Waals surface area contributed by atoms with Crippen molar-refractivity contribution in [1.29, 1.82) is 0 Å². The molecule has 124 heavy (non-hydrogen) atoms. The molecule has 0 spiro atoms. The lowest BCUT2D eigenvalue weighted by Gasteiger charge is -2.21. The molecule has 0 aromatic carbocycles. The molecular weight excluding hydrogens is 1590 g/mol. The van der Waals surface area contributed by atoms with Gasteiger partial charge < -0.3 is 46.7 Å². The van der Waals surface area contributed by atoms with E-state index >= 15 is 0 Å². The number of nitrogens with zero attached hydrogens (tertiary/aromatic N) is 21. The van der Waals surface area contributed by atoms with Gasteiger partial charge in [0, 0.05) is 112 Å². The molecule has 0 aliphatic carbocycles. The average Bonchev–Trinajstić information content (AvgIpc) is 0.922. The van der Waals surface area contributed by atoms with Crippen LogP contribution in [0, 0.1) is 0 Å². The smallest absolute Gasteiger partial charge is 0.262 e. The molecule has 14 heterocycles. The number of aromatic nitrogens is 21. The maximum Gasteiger partial charge on any atom is 0.262 e. The number of nitrogens with one attached hydrogen (secondary N) is 7. The lowest BCUT2D eigenvalue weighted by atomic mass is 10.3. The first-order chi connectivity index (χ1) is 59.9. The molecule has 7 N–H and O–H groups in total. The van der Waals surface area contributed by atoms with Crippen molar-refractivity contribution in [3.63, 3.8) is 0 Å². The highest BCUT2D eigenvalue weighted by Gasteiger charge is 2.22. The Kier molecular flexibility index (Phi) is 56.5. The SMILES string of the molecule is CC.CC.CC.CC.CC.CC.CC.CCc1nc(NC(C)C)c2c(n1)OCCO2.CCc1nc(NC(C)C)c2ccsc2n1.CCc1nc(NC(C)C)c2cncnc2n1.CCc1nc(NC(C)C)c2ncccc2n1.CCc1nc(NC(C)C)c2nccnc2n1.CCc1nc(NC(C)C)c2ncncc2n1.CCc1nc(NC(C)C)c2sccc2n1. The molecule has 0 atom stereocenters. The maximum absolute atomic E-state index is 5.54. The second-order valence-electron chi connectivity index (χ2n) is 27.2. The molecule has 1 aliphatic rings. The Bertz CT molecular complexity index is 4580. The third-order valence-electron chi connectivity index (χ3n) is 15.1. The summed E-state index contributed by atoms with van der Waals surface area (Å²) in [5.74, 6) is 12.9. The first-order valence-electron chi connectivity index (χ1n) is 45.0.